The van der Waals surface area contributed by atoms with E-state index in [2.05, 4.69) is 69.4 Å². The lowest BCUT2D eigenvalue weighted by molar-refractivity contribution is -0.167. The minimum Gasteiger partial charge on any atom is -0.462 e. The minimum atomic E-state index is -0.773. The Morgan fingerprint density at radius 1 is 0.253 bits per heavy atom. The van der Waals surface area contributed by atoms with E-state index in [0.717, 1.165) is 70.6 Å². The Labute approximate surface area is 492 Å². The van der Waals surface area contributed by atoms with Gasteiger partial charge in [0.15, 0.2) is 6.10 Å². The largest absolute Gasteiger partial charge is 0.462 e. The van der Waals surface area contributed by atoms with E-state index in [0.29, 0.717) is 19.3 Å². The minimum absolute atomic E-state index is 0.0692. The van der Waals surface area contributed by atoms with Crippen molar-refractivity contribution in [1.82, 2.24) is 0 Å². The van der Waals surface area contributed by atoms with E-state index >= 15 is 0 Å². The number of rotatable bonds is 65. The summed E-state index contributed by atoms with van der Waals surface area (Å²) in [5.41, 5.74) is 0. The van der Waals surface area contributed by atoms with Crippen LogP contribution in [-0.2, 0) is 28.6 Å². The van der Waals surface area contributed by atoms with E-state index in [1.807, 2.05) is 0 Å². The van der Waals surface area contributed by atoms with Gasteiger partial charge in [-0.2, -0.15) is 0 Å². The molecule has 0 saturated heterocycles. The van der Waals surface area contributed by atoms with Crippen molar-refractivity contribution in [2.24, 2.45) is 0 Å². The monoisotopic (exact) mass is 1110 g/mol. The smallest absolute Gasteiger partial charge is 0.306 e. The summed E-state index contributed by atoms with van der Waals surface area (Å²) in [6, 6.07) is 0. The molecule has 0 spiro atoms. The average molecular weight is 1110 g/mol. The number of carbonyl (C=O) groups is 3. The van der Waals surface area contributed by atoms with Crippen molar-refractivity contribution in [2.45, 2.75) is 386 Å². The van der Waals surface area contributed by atoms with Crippen LogP contribution in [0.4, 0.5) is 0 Å². The molecule has 0 N–H and O–H groups in total. The Morgan fingerprint density at radius 3 is 0.696 bits per heavy atom. The zero-order chi connectivity index (χ0) is 57.1. The number of hydrogen-bond acceptors (Lipinski definition) is 6. The number of esters is 3. The Hall–Kier alpha value is -2.63. The zero-order valence-electron chi connectivity index (χ0n) is 53.2. The van der Waals surface area contributed by atoms with Gasteiger partial charge in [-0.3, -0.25) is 14.4 Å². The molecule has 0 radical (unpaired) electrons. The highest BCUT2D eigenvalue weighted by molar-refractivity contribution is 5.71. The third-order valence-corrected chi connectivity index (χ3v) is 15.8. The molecule has 6 heteroatoms. The maximum atomic E-state index is 12.9. The van der Waals surface area contributed by atoms with Crippen molar-refractivity contribution in [1.29, 1.82) is 0 Å². The van der Waals surface area contributed by atoms with Gasteiger partial charge in [0.2, 0.25) is 0 Å². The average Bonchev–Trinajstić information content (AvgIpc) is 3.45. The molecule has 0 aliphatic carbocycles. The van der Waals surface area contributed by atoms with Crippen LogP contribution in [0.1, 0.15) is 380 Å². The molecular weight excluding hydrogens is 973 g/mol. The van der Waals surface area contributed by atoms with E-state index < -0.39 is 6.10 Å². The van der Waals surface area contributed by atoms with Crippen LogP contribution in [-0.4, -0.2) is 37.2 Å². The molecule has 6 nitrogen and oxygen atoms in total. The number of allylic oxidation sites excluding steroid dienone is 8. The van der Waals surface area contributed by atoms with E-state index in [-0.39, 0.29) is 31.1 Å². The van der Waals surface area contributed by atoms with Crippen LogP contribution in [0.25, 0.3) is 0 Å². The lowest BCUT2D eigenvalue weighted by Gasteiger charge is -2.18. The summed E-state index contributed by atoms with van der Waals surface area (Å²) in [5.74, 6) is -0.846. The predicted molar refractivity (Wildman–Crippen MR) is 344 cm³/mol. The lowest BCUT2D eigenvalue weighted by Crippen LogP contribution is -2.30. The molecule has 0 saturated carbocycles. The highest BCUT2D eigenvalue weighted by atomic mass is 16.6. The molecule has 0 aromatic carbocycles. The van der Waals surface area contributed by atoms with E-state index in [4.69, 9.17) is 14.2 Å². The quantitative estimate of drug-likeness (QED) is 0.0261. The van der Waals surface area contributed by atoms with Gasteiger partial charge in [0.05, 0.1) is 0 Å². The Morgan fingerprint density at radius 2 is 0.456 bits per heavy atom. The Bertz CT molecular complexity index is 1360. The third kappa shape index (κ3) is 66.1. The third-order valence-electron chi connectivity index (χ3n) is 15.8. The number of carbonyl (C=O) groups excluding carboxylic acids is 3. The molecule has 0 fully saturated rings. The standard InChI is InChI=1S/C73H134O6/c1-4-7-10-13-16-19-22-25-27-29-31-33-35-36-38-39-41-43-45-48-51-54-57-60-63-66-72(75)78-69-70(68-77-71(74)65-62-59-56-53-50-47-24-21-18-15-12-9-6-3)79-73(76)67-64-61-58-55-52-49-46-44-42-40-37-34-32-30-28-26-23-20-17-14-11-8-5-2/h22-23,25-26,29-32,70H,4-21,24,27-28,33-69H2,1-3H3/b25-22-,26-23-,31-29-,32-30-. The van der Waals surface area contributed by atoms with E-state index in [1.54, 1.807) is 0 Å². The maximum absolute atomic E-state index is 12.9. The molecule has 462 valence electrons. The first kappa shape index (κ1) is 76.4. The van der Waals surface area contributed by atoms with E-state index in [9.17, 15) is 14.4 Å². The summed E-state index contributed by atoms with van der Waals surface area (Å²) < 4.78 is 17.0. The van der Waals surface area contributed by atoms with Gasteiger partial charge in [0, 0.05) is 19.3 Å². The van der Waals surface area contributed by atoms with Crippen molar-refractivity contribution >= 4 is 17.9 Å². The van der Waals surface area contributed by atoms with Gasteiger partial charge in [-0.15, -0.1) is 0 Å². The van der Waals surface area contributed by atoms with Gasteiger partial charge in [0.25, 0.3) is 0 Å². The molecular formula is C73H134O6. The molecule has 0 aliphatic heterocycles. The summed E-state index contributed by atoms with van der Waals surface area (Å²) in [4.78, 5) is 38.4. The zero-order valence-corrected chi connectivity index (χ0v) is 53.2. The molecule has 1 atom stereocenters. The number of unbranched alkanes of at least 4 members (excludes halogenated alkanes) is 46. The van der Waals surface area contributed by atoms with Gasteiger partial charge in [0.1, 0.15) is 13.2 Å². The molecule has 79 heavy (non-hydrogen) atoms. The maximum Gasteiger partial charge on any atom is 0.306 e. The highest BCUT2D eigenvalue weighted by Crippen LogP contribution is 2.18. The second-order valence-corrected chi connectivity index (χ2v) is 23.8. The molecule has 0 amide bonds. The first-order chi connectivity index (χ1) is 39.0. The van der Waals surface area contributed by atoms with Crippen LogP contribution in [0.3, 0.4) is 0 Å². The lowest BCUT2D eigenvalue weighted by atomic mass is 10.0. The molecule has 0 aliphatic rings. The fraction of sp³-hybridized carbons (Fsp3) is 0.849. The number of hydrogen-bond donors (Lipinski definition) is 0. The van der Waals surface area contributed by atoms with Crippen LogP contribution >= 0.6 is 0 Å². The van der Waals surface area contributed by atoms with Crippen LogP contribution in [0, 0.1) is 0 Å². The van der Waals surface area contributed by atoms with Crippen molar-refractivity contribution in [3.05, 3.63) is 48.6 Å². The molecule has 0 heterocycles. The first-order valence-corrected chi connectivity index (χ1v) is 35.1. The van der Waals surface area contributed by atoms with Gasteiger partial charge >= 0.3 is 17.9 Å². The van der Waals surface area contributed by atoms with Gasteiger partial charge in [-0.1, -0.05) is 326 Å². The Balaban J connectivity index is 4.25. The fourth-order valence-corrected chi connectivity index (χ4v) is 10.5. The summed E-state index contributed by atoms with van der Waals surface area (Å²) in [6.07, 6.45) is 85.6. The predicted octanol–water partition coefficient (Wildman–Crippen LogP) is 24.1. The van der Waals surface area contributed by atoms with Crippen LogP contribution in [0.2, 0.25) is 0 Å². The van der Waals surface area contributed by atoms with Crippen molar-refractivity contribution in [3.8, 4) is 0 Å². The summed E-state index contributed by atoms with van der Waals surface area (Å²) in [5, 5.41) is 0. The second kappa shape index (κ2) is 67.9. The van der Waals surface area contributed by atoms with E-state index in [1.165, 1.54) is 270 Å². The van der Waals surface area contributed by atoms with Crippen molar-refractivity contribution in [2.75, 3.05) is 13.2 Å². The van der Waals surface area contributed by atoms with Crippen molar-refractivity contribution < 1.29 is 28.6 Å². The summed E-state index contributed by atoms with van der Waals surface area (Å²) >= 11 is 0. The van der Waals surface area contributed by atoms with Gasteiger partial charge in [-0.25, -0.2) is 0 Å². The van der Waals surface area contributed by atoms with Crippen molar-refractivity contribution in [3.63, 3.8) is 0 Å². The fourth-order valence-electron chi connectivity index (χ4n) is 10.5. The summed E-state index contributed by atoms with van der Waals surface area (Å²) in [6.45, 7) is 6.68. The molecule has 0 bridgehead atoms. The SMILES string of the molecule is CCCCCCC/C=C\C/C=C\CCCCCCCCCCCCCCCC(=O)OCC(COC(=O)CCCCCCCCCCCCCCC)OC(=O)CCCCCCCCCCCCC/C=C\C/C=C\CCCCCCC. The normalized spacial score (nSPS) is 12.3. The second-order valence-electron chi connectivity index (χ2n) is 23.8. The van der Waals surface area contributed by atoms with Crippen LogP contribution < -0.4 is 0 Å². The first-order valence-electron chi connectivity index (χ1n) is 35.1. The highest BCUT2D eigenvalue weighted by Gasteiger charge is 2.19. The molecule has 1 unspecified atom stereocenters. The topological polar surface area (TPSA) is 78.9 Å². The van der Waals surface area contributed by atoms with Crippen LogP contribution in [0.5, 0.6) is 0 Å². The molecule has 0 aromatic rings. The van der Waals surface area contributed by atoms with Gasteiger partial charge < -0.3 is 14.2 Å². The molecule has 0 rings (SSSR count). The number of ether oxygens (including phenoxy) is 3. The Kier molecular flexibility index (Phi) is 65.6. The summed E-state index contributed by atoms with van der Waals surface area (Å²) in [7, 11) is 0. The van der Waals surface area contributed by atoms with Crippen LogP contribution in [0.15, 0.2) is 48.6 Å². The van der Waals surface area contributed by atoms with Gasteiger partial charge in [-0.05, 0) is 83.5 Å². The molecule has 0 aromatic heterocycles.